The lowest BCUT2D eigenvalue weighted by atomic mass is 10.2. The van der Waals surface area contributed by atoms with E-state index < -0.39 is 25.8 Å². The van der Waals surface area contributed by atoms with Crippen LogP contribution in [0.4, 0.5) is 8.78 Å². The first kappa shape index (κ1) is 13.9. The van der Waals surface area contributed by atoms with Gasteiger partial charge >= 0.3 is 0 Å². The topological polar surface area (TPSA) is 64.8 Å². The minimum Gasteiger partial charge on any atom is -0.297 e. The number of rotatable bonds is 3. The van der Waals surface area contributed by atoms with Crippen molar-refractivity contribution < 1.29 is 17.2 Å². The minimum absolute atomic E-state index is 0.0984. The number of hydrogen-bond acceptors (Lipinski definition) is 4. The molecule has 0 N–H and O–H groups in total. The maximum Gasteiger partial charge on any atom is 0.296 e. The quantitative estimate of drug-likeness (QED) is 0.815. The number of benzene rings is 1. The van der Waals surface area contributed by atoms with Gasteiger partial charge < -0.3 is 0 Å². The molecule has 0 amide bonds. The maximum absolute atomic E-state index is 13.6. The Bertz CT molecular complexity index is 730. The second kappa shape index (κ2) is 4.86. The van der Waals surface area contributed by atoms with Crippen LogP contribution in [0.5, 0.6) is 0 Å². The standard InChI is InChI=1S/C10H8ClF2N3O2S/c1-2-16-9(14-15-10(16)19(11,17)18)7-5-6(12)3-4-8(7)13/h3-5H,2H2,1H3. The van der Waals surface area contributed by atoms with Crippen molar-refractivity contribution in [2.24, 2.45) is 0 Å². The molecule has 2 rings (SSSR count). The van der Waals surface area contributed by atoms with Gasteiger partial charge in [0.05, 0.1) is 5.56 Å². The molecule has 1 aromatic carbocycles. The Hall–Kier alpha value is -1.54. The maximum atomic E-state index is 13.6. The highest BCUT2D eigenvalue weighted by atomic mass is 35.7. The summed E-state index contributed by atoms with van der Waals surface area (Å²) in [5, 5.41) is 6.47. The van der Waals surface area contributed by atoms with Crippen LogP contribution in [0.2, 0.25) is 0 Å². The first-order chi connectivity index (χ1) is 8.84. The van der Waals surface area contributed by atoms with Crippen LogP contribution in [0.1, 0.15) is 6.92 Å². The summed E-state index contributed by atoms with van der Waals surface area (Å²) in [7, 11) is 1.09. The predicted octanol–water partition coefficient (Wildman–Crippen LogP) is 2.17. The molecule has 0 fully saturated rings. The molecule has 0 radical (unpaired) electrons. The van der Waals surface area contributed by atoms with E-state index in [0.717, 1.165) is 22.8 Å². The van der Waals surface area contributed by atoms with E-state index in [9.17, 15) is 17.2 Å². The first-order valence-corrected chi connectivity index (χ1v) is 7.48. The molecule has 5 nitrogen and oxygen atoms in total. The van der Waals surface area contributed by atoms with Crippen molar-refractivity contribution in [3.8, 4) is 11.4 Å². The predicted molar refractivity (Wildman–Crippen MR) is 64.1 cm³/mol. The molecule has 0 unspecified atom stereocenters. The van der Waals surface area contributed by atoms with Gasteiger partial charge in [0.1, 0.15) is 11.6 Å². The van der Waals surface area contributed by atoms with Crippen molar-refractivity contribution in [3.05, 3.63) is 29.8 Å². The van der Waals surface area contributed by atoms with Gasteiger partial charge in [0.15, 0.2) is 5.82 Å². The summed E-state index contributed by atoms with van der Waals surface area (Å²) >= 11 is 0. The van der Waals surface area contributed by atoms with E-state index in [4.69, 9.17) is 10.7 Å². The molecule has 0 saturated heterocycles. The van der Waals surface area contributed by atoms with Crippen LogP contribution in [-0.2, 0) is 15.6 Å². The van der Waals surface area contributed by atoms with Crippen molar-refractivity contribution in [2.75, 3.05) is 0 Å². The van der Waals surface area contributed by atoms with Crippen LogP contribution >= 0.6 is 10.7 Å². The molecule has 1 aromatic heterocycles. The molecule has 0 aliphatic heterocycles. The van der Waals surface area contributed by atoms with Crippen molar-refractivity contribution in [3.63, 3.8) is 0 Å². The normalized spacial score (nSPS) is 11.8. The van der Waals surface area contributed by atoms with Gasteiger partial charge in [-0.15, -0.1) is 10.2 Å². The van der Waals surface area contributed by atoms with Gasteiger partial charge in [0.25, 0.3) is 14.2 Å². The zero-order chi connectivity index (χ0) is 14.2. The number of nitrogens with zero attached hydrogens (tertiary/aromatic N) is 3. The van der Waals surface area contributed by atoms with E-state index in [1.165, 1.54) is 0 Å². The van der Waals surface area contributed by atoms with Crippen molar-refractivity contribution in [1.29, 1.82) is 0 Å². The van der Waals surface area contributed by atoms with E-state index in [1.54, 1.807) is 6.92 Å². The zero-order valence-corrected chi connectivity index (χ0v) is 11.2. The molecule has 0 atom stereocenters. The summed E-state index contributed by atoms with van der Waals surface area (Å²) in [5.41, 5.74) is -0.180. The molecule has 0 saturated carbocycles. The molecule has 2 aromatic rings. The second-order valence-corrected chi connectivity index (χ2v) is 6.07. The van der Waals surface area contributed by atoms with Crippen LogP contribution in [0, 0.1) is 11.6 Å². The van der Waals surface area contributed by atoms with Crippen molar-refractivity contribution in [1.82, 2.24) is 14.8 Å². The zero-order valence-electron chi connectivity index (χ0n) is 9.64. The Morgan fingerprint density at radius 2 is 2.00 bits per heavy atom. The first-order valence-electron chi connectivity index (χ1n) is 5.18. The van der Waals surface area contributed by atoms with E-state index in [0.29, 0.717) is 0 Å². The molecule has 1 heterocycles. The average molecular weight is 308 g/mol. The largest absolute Gasteiger partial charge is 0.297 e. The van der Waals surface area contributed by atoms with Gasteiger partial charge in [-0.05, 0) is 25.1 Å². The van der Waals surface area contributed by atoms with E-state index >= 15 is 0 Å². The Morgan fingerprint density at radius 3 is 2.58 bits per heavy atom. The fraction of sp³-hybridized carbons (Fsp3) is 0.200. The Labute approximate surface area is 112 Å². The second-order valence-electron chi connectivity index (χ2n) is 3.61. The van der Waals surface area contributed by atoms with Crippen LogP contribution in [0.15, 0.2) is 23.4 Å². The van der Waals surface area contributed by atoms with E-state index in [1.807, 2.05) is 0 Å². The third kappa shape index (κ3) is 2.59. The van der Waals surface area contributed by atoms with Crippen LogP contribution < -0.4 is 0 Å². The van der Waals surface area contributed by atoms with Gasteiger partial charge in [-0.3, -0.25) is 4.57 Å². The lowest BCUT2D eigenvalue weighted by Gasteiger charge is -2.06. The molecule has 19 heavy (non-hydrogen) atoms. The minimum atomic E-state index is -4.11. The summed E-state index contributed by atoms with van der Waals surface area (Å²) in [6, 6.07) is 2.79. The van der Waals surface area contributed by atoms with Crippen LogP contribution in [-0.4, -0.2) is 23.2 Å². The van der Waals surface area contributed by atoms with Gasteiger partial charge in [-0.1, -0.05) is 0 Å². The van der Waals surface area contributed by atoms with Crippen molar-refractivity contribution >= 4 is 19.7 Å². The van der Waals surface area contributed by atoms with E-state index in [-0.39, 0.29) is 17.9 Å². The number of hydrogen-bond donors (Lipinski definition) is 0. The average Bonchev–Trinajstić information content (AvgIpc) is 2.75. The smallest absolute Gasteiger partial charge is 0.296 e. The van der Waals surface area contributed by atoms with Crippen LogP contribution in [0.25, 0.3) is 11.4 Å². The SMILES string of the molecule is CCn1c(-c2cc(F)ccc2F)nnc1S(=O)(=O)Cl. The fourth-order valence-corrected chi connectivity index (χ4v) is 2.58. The Morgan fingerprint density at radius 1 is 1.32 bits per heavy atom. The van der Waals surface area contributed by atoms with Gasteiger partial charge in [-0.2, -0.15) is 0 Å². The molecule has 0 spiro atoms. The van der Waals surface area contributed by atoms with E-state index in [2.05, 4.69) is 10.2 Å². The molecule has 0 bridgehead atoms. The van der Waals surface area contributed by atoms with Crippen LogP contribution in [0.3, 0.4) is 0 Å². The van der Waals surface area contributed by atoms with Gasteiger partial charge in [0, 0.05) is 17.2 Å². The fourth-order valence-electron chi connectivity index (χ4n) is 1.62. The van der Waals surface area contributed by atoms with Gasteiger partial charge in [-0.25, -0.2) is 17.2 Å². The summed E-state index contributed by atoms with van der Waals surface area (Å²) in [4.78, 5) is 0. The molecular weight excluding hydrogens is 300 g/mol. The molecule has 0 aliphatic carbocycles. The lowest BCUT2D eigenvalue weighted by molar-refractivity contribution is 0.580. The molecule has 0 aliphatic rings. The highest BCUT2D eigenvalue weighted by Crippen LogP contribution is 2.25. The summed E-state index contributed by atoms with van der Waals surface area (Å²) < 4.78 is 50.5. The molecule has 9 heteroatoms. The van der Waals surface area contributed by atoms with Crippen molar-refractivity contribution in [2.45, 2.75) is 18.6 Å². The third-order valence-corrected chi connectivity index (χ3v) is 3.57. The summed E-state index contributed by atoms with van der Waals surface area (Å²) in [6.45, 7) is 1.75. The van der Waals surface area contributed by atoms with Gasteiger partial charge in [0.2, 0.25) is 0 Å². The number of halogens is 3. The molecule has 102 valence electrons. The number of aromatic nitrogens is 3. The lowest BCUT2D eigenvalue weighted by Crippen LogP contribution is -2.06. The highest BCUT2D eigenvalue weighted by molar-refractivity contribution is 8.13. The summed E-state index contributed by atoms with van der Waals surface area (Å²) in [6.07, 6.45) is 0. The Balaban J connectivity index is 2.70. The highest BCUT2D eigenvalue weighted by Gasteiger charge is 2.24. The Kier molecular flexibility index (Phi) is 3.55. The monoisotopic (exact) mass is 307 g/mol. The third-order valence-electron chi connectivity index (χ3n) is 2.42. The molecular formula is C10H8ClF2N3O2S. The summed E-state index contributed by atoms with van der Waals surface area (Å²) in [5.74, 6) is -1.50.